The lowest BCUT2D eigenvalue weighted by atomic mass is 10.2. The Morgan fingerprint density at radius 3 is 2.50 bits per heavy atom. The Morgan fingerprint density at radius 2 is 1.94 bits per heavy atom. The molecule has 1 aromatic rings. The highest BCUT2D eigenvalue weighted by atomic mass is 127. The van der Waals surface area contributed by atoms with E-state index in [0.29, 0.717) is 5.56 Å². The molecule has 0 radical (unpaired) electrons. The Morgan fingerprint density at radius 1 is 1.33 bits per heavy atom. The third-order valence-electron chi connectivity index (χ3n) is 2.66. The molecule has 0 aliphatic heterocycles. The first-order chi connectivity index (χ1) is 8.56. The van der Waals surface area contributed by atoms with Crippen LogP contribution in [0.2, 0.25) is 0 Å². The van der Waals surface area contributed by atoms with Gasteiger partial charge in [-0.2, -0.15) is 0 Å². The highest BCUT2D eigenvalue weighted by molar-refractivity contribution is 14.1. The number of ether oxygens (including phenoxy) is 1. The average molecular weight is 359 g/mol. The minimum atomic E-state index is -0.752. The van der Waals surface area contributed by atoms with Gasteiger partial charge < -0.3 is 10.1 Å². The summed E-state index contributed by atoms with van der Waals surface area (Å²) in [6.45, 7) is 1.59. The molecule has 2 rings (SSSR count). The molecule has 1 amide bonds. The van der Waals surface area contributed by atoms with Gasteiger partial charge in [-0.1, -0.05) is 0 Å². The molecule has 0 saturated heterocycles. The van der Waals surface area contributed by atoms with Gasteiger partial charge in [0.05, 0.1) is 5.56 Å². The van der Waals surface area contributed by atoms with Crippen molar-refractivity contribution in [2.45, 2.75) is 31.9 Å². The number of hydrogen-bond donors (Lipinski definition) is 1. The van der Waals surface area contributed by atoms with Crippen molar-refractivity contribution >= 4 is 34.5 Å². The highest BCUT2D eigenvalue weighted by Crippen LogP contribution is 2.19. The maximum absolute atomic E-state index is 11.8. The van der Waals surface area contributed by atoms with Crippen LogP contribution in [0.25, 0.3) is 0 Å². The van der Waals surface area contributed by atoms with Gasteiger partial charge in [-0.05, 0) is 66.6 Å². The van der Waals surface area contributed by atoms with Gasteiger partial charge in [0.15, 0.2) is 6.10 Å². The van der Waals surface area contributed by atoms with Gasteiger partial charge in [0, 0.05) is 9.61 Å². The normalized spacial score (nSPS) is 15.9. The summed E-state index contributed by atoms with van der Waals surface area (Å²) in [5, 5.41) is 2.80. The van der Waals surface area contributed by atoms with Gasteiger partial charge in [0.25, 0.3) is 5.91 Å². The lowest BCUT2D eigenvalue weighted by Crippen LogP contribution is -2.37. The van der Waals surface area contributed by atoms with Crippen LogP contribution >= 0.6 is 22.6 Å². The Bertz CT molecular complexity index is 454. The Balaban J connectivity index is 1.89. The van der Waals surface area contributed by atoms with Gasteiger partial charge in [0.2, 0.25) is 0 Å². The molecule has 1 aliphatic carbocycles. The molecule has 0 unspecified atom stereocenters. The lowest BCUT2D eigenvalue weighted by Gasteiger charge is -2.13. The molecule has 0 bridgehead atoms. The van der Waals surface area contributed by atoms with Crippen LogP contribution in [0.4, 0.5) is 0 Å². The SMILES string of the molecule is C[C@@H](OC(=O)c1ccc(I)cc1)C(=O)NC1CC1. The van der Waals surface area contributed by atoms with Crippen molar-refractivity contribution in [1.82, 2.24) is 5.32 Å². The zero-order valence-electron chi connectivity index (χ0n) is 9.98. The number of amides is 1. The van der Waals surface area contributed by atoms with Crippen LogP contribution < -0.4 is 5.32 Å². The van der Waals surface area contributed by atoms with Crippen molar-refractivity contribution in [2.24, 2.45) is 0 Å². The Kier molecular flexibility index (Phi) is 4.21. The van der Waals surface area contributed by atoms with Crippen molar-refractivity contribution in [3.8, 4) is 0 Å². The van der Waals surface area contributed by atoms with E-state index in [1.165, 1.54) is 0 Å². The minimum absolute atomic E-state index is 0.226. The number of carbonyl (C=O) groups is 2. The molecule has 1 aliphatic rings. The molecule has 1 saturated carbocycles. The zero-order chi connectivity index (χ0) is 13.1. The van der Waals surface area contributed by atoms with Crippen molar-refractivity contribution in [2.75, 3.05) is 0 Å². The van der Waals surface area contributed by atoms with Crippen molar-refractivity contribution < 1.29 is 14.3 Å². The van der Waals surface area contributed by atoms with Crippen LogP contribution in [0, 0.1) is 3.57 Å². The molecule has 0 spiro atoms. The van der Waals surface area contributed by atoms with Crippen LogP contribution in [-0.4, -0.2) is 24.0 Å². The molecule has 0 heterocycles. The molecule has 0 aromatic heterocycles. The minimum Gasteiger partial charge on any atom is -0.449 e. The van der Waals surface area contributed by atoms with Gasteiger partial charge in [0.1, 0.15) is 0 Å². The fraction of sp³-hybridized carbons (Fsp3) is 0.385. The van der Waals surface area contributed by atoms with Crippen LogP contribution in [0.1, 0.15) is 30.1 Å². The molecule has 1 N–H and O–H groups in total. The van der Waals surface area contributed by atoms with E-state index in [1.807, 2.05) is 12.1 Å². The van der Waals surface area contributed by atoms with E-state index in [4.69, 9.17) is 4.74 Å². The summed E-state index contributed by atoms with van der Waals surface area (Å²) in [6.07, 6.45) is 1.28. The van der Waals surface area contributed by atoms with E-state index in [2.05, 4.69) is 27.9 Å². The summed E-state index contributed by atoms with van der Waals surface area (Å²) < 4.78 is 6.16. The molecule has 18 heavy (non-hydrogen) atoms. The summed E-state index contributed by atoms with van der Waals surface area (Å²) in [6, 6.07) is 7.31. The van der Waals surface area contributed by atoms with E-state index < -0.39 is 12.1 Å². The summed E-state index contributed by atoms with van der Waals surface area (Å²) in [4.78, 5) is 23.4. The molecular formula is C13H14INO3. The first-order valence-electron chi connectivity index (χ1n) is 5.83. The summed E-state index contributed by atoms with van der Waals surface area (Å²) >= 11 is 2.16. The summed E-state index contributed by atoms with van der Waals surface area (Å²) in [7, 11) is 0. The fourth-order valence-corrected chi connectivity index (χ4v) is 1.77. The van der Waals surface area contributed by atoms with Gasteiger partial charge in [-0.25, -0.2) is 4.79 Å². The number of carbonyl (C=O) groups excluding carboxylic acids is 2. The largest absolute Gasteiger partial charge is 0.449 e. The number of halogens is 1. The Labute approximate surface area is 119 Å². The molecule has 5 heteroatoms. The number of benzene rings is 1. The third-order valence-corrected chi connectivity index (χ3v) is 3.38. The molecule has 4 nitrogen and oxygen atoms in total. The van der Waals surface area contributed by atoms with E-state index in [1.54, 1.807) is 19.1 Å². The molecular weight excluding hydrogens is 345 g/mol. The second-order valence-corrected chi connectivity index (χ2v) is 5.58. The molecule has 1 fully saturated rings. The molecule has 1 atom stereocenters. The van der Waals surface area contributed by atoms with Gasteiger partial charge in [-0.3, -0.25) is 4.79 Å². The van der Waals surface area contributed by atoms with Gasteiger partial charge in [-0.15, -0.1) is 0 Å². The van der Waals surface area contributed by atoms with E-state index in [-0.39, 0.29) is 11.9 Å². The Hall–Kier alpha value is -1.11. The summed E-state index contributed by atoms with van der Waals surface area (Å²) in [5.74, 6) is -0.693. The first-order valence-corrected chi connectivity index (χ1v) is 6.91. The van der Waals surface area contributed by atoms with Crippen molar-refractivity contribution in [3.63, 3.8) is 0 Å². The molecule has 96 valence electrons. The van der Waals surface area contributed by atoms with E-state index in [9.17, 15) is 9.59 Å². The number of nitrogens with one attached hydrogen (secondary N) is 1. The van der Waals surface area contributed by atoms with Crippen molar-refractivity contribution in [3.05, 3.63) is 33.4 Å². The number of rotatable bonds is 4. The highest BCUT2D eigenvalue weighted by Gasteiger charge is 2.27. The maximum atomic E-state index is 11.8. The average Bonchev–Trinajstić information content (AvgIpc) is 3.13. The first kappa shape index (κ1) is 13.3. The van der Waals surface area contributed by atoms with Crippen LogP contribution in [-0.2, 0) is 9.53 Å². The maximum Gasteiger partial charge on any atom is 0.338 e. The summed E-state index contributed by atoms with van der Waals surface area (Å²) in [5.41, 5.74) is 0.460. The van der Waals surface area contributed by atoms with Crippen molar-refractivity contribution in [1.29, 1.82) is 0 Å². The van der Waals surface area contributed by atoms with Crippen LogP contribution in [0.3, 0.4) is 0 Å². The molecule has 1 aromatic carbocycles. The number of esters is 1. The quantitative estimate of drug-likeness (QED) is 0.662. The van der Waals surface area contributed by atoms with E-state index in [0.717, 1.165) is 16.4 Å². The lowest BCUT2D eigenvalue weighted by molar-refractivity contribution is -0.129. The van der Waals surface area contributed by atoms with E-state index >= 15 is 0 Å². The number of hydrogen-bond acceptors (Lipinski definition) is 3. The predicted octanol–water partition coefficient (Wildman–Crippen LogP) is 2.12. The van der Waals surface area contributed by atoms with Gasteiger partial charge >= 0.3 is 5.97 Å². The smallest absolute Gasteiger partial charge is 0.338 e. The predicted molar refractivity (Wildman–Crippen MR) is 75.2 cm³/mol. The standard InChI is InChI=1S/C13H14INO3/c1-8(12(16)15-11-6-7-11)18-13(17)9-2-4-10(14)5-3-9/h2-5,8,11H,6-7H2,1H3,(H,15,16)/t8-/m1/s1. The second kappa shape index (κ2) is 5.69. The zero-order valence-corrected chi connectivity index (χ0v) is 12.1. The van der Waals surface area contributed by atoms with Crippen LogP contribution in [0.5, 0.6) is 0 Å². The second-order valence-electron chi connectivity index (χ2n) is 4.34. The van der Waals surface area contributed by atoms with Crippen LogP contribution in [0.15, 0.2) is 24.3 Å². The monoisotopic (exact) mass is 359 g/mol. The third kappa shape index (κ3) is 3.69. The topological polar surface area (TPSA) is 55.4 Å². The fourth-order valence-electron chi connectivity index (χ4n) is 1.41.